The van der Waals surface area contributed by atoms with Crippen molar-refractivity contribution in [2.75, 3.05) is 0 Å². The molecule has 0 aliphatic carbocycles. The van der Waals surface area contributed by atoms with Gasteiger partial charge in [-0.1, -0.05) is 32.4 Å². The van der Waals surface area contributed by atoms with E-state index >= 15 is 0 Å². The summed E-state index contributed by atoms with van der Waals surface area (Å²) in [5.74, 6) is 1.04. The van der Waals surface area contributed by atoms with Crippen molar-refractivity contribution in [1.29, 1.82) is 0 Å². The van der Waals surface area contributed by atoms with E-state index in [-0.39, 0.29) is 5.41 Å². The van der Waals surface area contributed by atoms with Crippen LogP contribution >= 0.6 is 11.6 Å². The fourth-order valence-electron chi connectivity index (χ4n) is 1.54. The zero-order valence-corrected chi connectivity index (χ0v) is 9.34. The van der Waals surface area contributed by atoms with Crippen molar-refractivity contribution in [3.8, 4) is 0 Å². The minimum Gasteiger partial charge on any atom is -0.302 e. The predicted octanol–water partition coefficient (Wildman–Crippen LogP) is 3.29. The molecule has 0 aliphatic rings. The summed E-state index contributed by atoms with van der Waals surface area (Å²) in [6.07, 6.45) is 3.82. The molecule has 3 heteroatoms. The van der Waals surface area contributed by atoms with Crippen LogP contribution in [0.5, 0.6) is 0 Å². The molecular weight excluding hydrogens is 196 g/mol. The van der Waals surface area contributed by atoms with Gasteiger partial charge in [-0.2, -0.15) is 0 Å². The molecule has 0 radical (unpaired) electrons. The van der Waals surface area contributed by atoms with Crippen LogP contribution in [0.4, 0.5) is 0 Å². The summed E-state index contributed by atoms with van der Waals surface area (Å²) in [4.78, 5) is 4.41. The normalized spacial score (nSPS) is 12.3. The van der Waals surface area contributed by atoms with E-state index in [1.807, 2.05) is 28.9 Å². The number of nitrogens with zero attached hydrogens (tertiary/aromatic N) is 2. The number of rotatable bonds is 0. The van der Waals surface area contributed by atoms with Crippen molar-refractivity contribution in [1.82, 2.24) is 9.38 Å². The molecule has 0 bridgehead atoms. The average molecular weight is 209 g/mol. The lowest BCUT2D eigenvalue weighted by Crippen LogP contribution is -2.15. The molecule has 14 heavy (non-hydrogen) atoms. The molecule has 0 N–H and O–H groups in total. The summed E-state index contributed by atoms with van der Waals surface area (Å²) >= 11 is 6.06. The lowest BCUT2D eigenvalue weighted by Gasteiger charge is -2.16. The summed E-state index contributed by atoms with van der Waals surface area (Å²) in [5.41, 5.74) is 1.01. The third-order valence-electron chi connectivity index (χ3n) is 2.19. The summed E-state index contributed by atoms with van der Waals surface area (Å²) < 4.78 is 2.04. The SMILES string of the molecule is CC(C)(C)c1ncc2c(Cl)cccn12. The Hall–Kier alpha value is -1.02. The molecule has 0 aromatic carbocycles. The van der Waals surface area contributed by atoms with Gasteiger partial charge in [-0.15, -0.1) is 0 Å². The molecule has 2 nitrogen and oxygen atoms in total. The number of hydrogen-bond acceptors (Lipinski definition) is 1. The van der Waals surface area contributed by atoms with E-state index in [0.717, 1.165) is 16.4 Å². The van der Waals surface area contributed by atoms with Gasteiger partial charge in [0.2, 0.25) is 0 Å². The Balaban J connectivity index is 2.76. The molecule has 0 saturated carbocycles. The van der Waals surface area contributed by atoms with Crippen molar-refractivity contribution in [3.05, 3.63) is 35.4 Å². The number of halogens is 1. The van der Waals surface area contributed by atoms with Gasteiger partial charge in [-0.25, -0.2) is 4.98 Å². The highest BCUT2D eigenvalue weighted by Crippen LogP contribution is 2.25. The van der Waals surface area contributed by atoms with Gasteiger partial charge >= 0.3 is 0 Å². The topological polar surface area (TPSA) is 17.3 Å². The first-order valence-corrected chi connectivity index (χ1v) is 5.00. The Morgan fingerprint density at radius 1 is 1.36 bits per heavy atom. The fraction of sp³-hybridized carbons (Fsp3) is 0.364. The van der Waals surface area contributed by atoms with E-state index in [2.05, 4.69) is 25.8 Å². The van der Waals surface area contributed by atoms with Gasteiger partial charge in [-0.3, -0.25) is 0 Å². The van der Waals surface area contributed by atoms with Crippen molar-refractivity contribution >= 4 is 17.1 Å². The first kappa shape index (κ1) is 9.53. The number of aromatic nitrogens is 2. The van der Waals surface area contributed by atoms with Gasteiger partial charge < -0.3 is 4.40 Å². The van der Waals surface area contributed by atoms with Gasteiger partial charge in [0.15, 0.2) is 0 Å². The van der Waals surface area contributed by atoms with Crippen LogP contribution < -0.4 is 0 Å². The second-order valence-corrected chi connectivity index (χ2v) is 4.85. The monoisotopic (exact) mass is 208 g/mol. The van der Waals surface area contributed by atoms with Crippen molar-refractivity contribution < 1.29 is 0 Å². The smallest absolute Gasteiger partial charge is 0.118 e. The van der Waals surface area contributed by atoms with E-state index in [1.165, 1.54) is 0 Å². The maximum Gasteiger partial charge on any atom is 0.118 e. The average Bonchev–Trinajstić information content (AvgIpc) is 2.47. The van der Waals surface area contributed by atoms with Crippen molar-refractivity contribution in [3.63, 3.8) is 0 Å². The minimum absolute atomic E-state index is 0.0388. The molecule has 0 saturated heterocycles. The highest BCUT2D eigenvalue weighted by molar-refractivity contribution is 6.33. The standard InChI is InChI=1S/C11H13ClN2/c1-11(2,3)10-13-7-9-8(12)5-4-6-14(9)10/h4-7H,1-3H3. The molecule has 74 valence electrons. The molecule has 0 unspecified atom stereocenters. The van der Waals surface area contributed by atoms with Gasteiger partial charge in [0.1, 0.15) is 5.82 Å². The lowest BCUT2D eigenvalue weighted by atomic mass is 9.96. The molecule has 2 rings (SSSR count). The first-order valence-electron chi connectivity index (χ1n) is 4.62. The van der Waals surface area contributed by atoms with Gasteiger partial charge in [0.25, 0.3) is 0 Å². The molecule has 0 fully saturated rings. The van der Waals surface area contributed by atoms with Gasteiger partial charge in [0.05, 0.1) is 16.7 Å². The molecular formula is C11H13ClN2. The van der Waals surface area contributed by atoms with Crippen LogP contribution in [0.3, 0.4) is 0 Å². The van der Waals surface area contributed by atoms with Crippen LogP contribution in [-0.2, 0) is 5.41 Å². The molecule has 0 amide bonds. The highest BCUT2D eigenvalue weighted by atomic mass is 35.5. The number of fused-ring (bicyclic) bond motifs is 1. The minimum atomic E-state index is 0.0388. The van der Waals surface area contributed by atoms with E-state index in [0.29, 0.717) is 0 Å². The molecule has 2 aromatic heterocycles. The van der Waals surface area contributed by atoms with Crippen molar-refractivity contribution in [2.24, 2.45) is 0 Å². The summed E-state index contributed by atoms with van der Waals surface area (Å²) in [6, 6.07) is 3.82. The van der Waals surface area contributed by atoms with Crippen LogP contribution in [0, 0.1) is 0 Å². The third kappa shape index (κ3) is 1.40. The van der Waals surface area contributed by atoms with Crippen molar-refractivity contribution in [2.45, 2.75) is 26.2 Å². The maximum absolute atomic E-state index is 6.06. The number of pyridine rings is 1. The quantitative estimate of drug-likeness (QED) is 0.650. The summed E-state index contributed by atoms with van der Waals surface area (Å²) in [6.45, 7) is 6.42. The Labute approximate surface area is 88.5 Å². The fourth-order valence-corrected chi connectivity index (χ4v) is 1.75. The second kappa shape index (κ2) is 2.99. The van der Waals surface area contributed by atoms with E-state index < -0.39 is 0 Å². The zero-order valence-electron chi connectivity index (χ0n) is 8.58. The largest absolute Gasteiger partial charge is 0.302 e. The Morgan fingerprint density at radius 3 is 2.71 bits per heavy atom. The molecule has 0 spiro atoms. The van der Waals surface area contributed by atoms with Crippen LogP contribution in [0.2, 0.25) is 5.02 Å². The highest BCUT2D eigenvalue weighted by Gasteiger charge is 2.19. The lowest BCUT2D eigenvalue weighted by molar-refractivity contribution is 0.543. The predicted molar refractivity (Wildman–Crippen MR) is 58.9 cm³/mol. The van der Waals surface area contributed by atoms with Crippen LogP contribution in [0.15, 0.2) is 24.5 Å². The third-order valence-corrected chi connectivity index (χ3v) is 2.51. The molecule has 0 atom stereocenters. The van der Waals surface area contributed by atoms with E-state index in [4.69, 9.17) is 11.6 Å². The second-order valence-electron chi connectivity index (χ2n) is 4.44. The molecule has 0 aliphatic heterocycles. The number of hydrogen-bond donors (Lipinski definition) is 0. The first-order chi connectivity index (χ1) is 6.50. The van der Waals surface area contributed by atoms with Gasteiger partial charge in [-0.05, 0) is 12.1 Å². The summed E-state index contributed by atoms with van der Waals surface area (Å²) in [5, 5.41) is 0.746. The molecule has 2 aromatic rings. The van der Waals surface area contributed by atoms with Crippen LogP contribution in [0.25, 0.3) is 5.52 Å². The Bertz CT molecular complexity index is 466. The van der Waals surface area contributed by atoms with E-state index in [1.54, 1.807) is 0 Å². The van der Waals surface area contributed by atoms with Crippen LogP contribution in [0.1, 0.15) is 26.6 Å². The summed E-state index contributed by atoms with van der Waals surface area (Å²) in [7, 11) is 0. The Kier molecular flexibility index (Phi) is 2.04. The maximum atomic E-state index is 6.06. The molecule has 2 heterocycles. The van der Waals surface area contributed by atoms with Crippen LogP contribution in [-0.4, -0.2) is 9.38 Å². The van der Waals surface area contributed by atoms with E-state index in [9.17, 15) is 0 Å². The number of imidazole rings is 1. The zero-order chi connectivity index (χ0) is 10.3. The Morgan fingerprint density at radius 2 is 2.07 bits per heavy atom. The van der Waals surface area contributed by atoms with Gasteiger partial charge in [0, 0.05) is 11.6 Å².